The number of carbonyl (C=O) groups is 2. The minimum atomic E-state index is -0.459. The Labute approximate surface area is 124 Å². The topological polar surface area (TPSA) is 61.4 Å². The van der Waals surface area contributed by atoms with E-state index in [1.54, 1.807) is 11.3 Å². The van der Waals surface area contributed by atoms with Crippen LogP contribution >= 0.6 is 11.3 Å². The number of carbonyl (C=O) groups excluding carboxylic acids is 2. The molecule has 0 aliphatic heterocycles. The van der Waals surface area contributed by atoms with E-state index >= 15 is 0 Å². The summed E-state index contributed by atoms with van der Waals surface area (Å²) in [6, 6.07) is 3.71. The highest BCUT2D eigenvalue weighted by Gasteiger charge is 2.19. The summed E-state index contributed by atoms with van der Waals surface area (Å²) in [7, 11) is 1.87. The van der Waals surface area contributed by atoms with Gasteiger partial charge in [0.05, 0.1) is 6.54 Å². The van der Waals surface area contributed by atoms with E-state index in [2.05, 4.69) is 10.6 Å². The Morgan fingerprint density at radius 2 is 2.05 bits per heavy atom. The van der Waals surface area contributed by atoms with Crippen molar-refractivity contribution < 1.29 is 9.59 Å². The molecule has 0 bridgehead atoms. The van der Waals surface area contributed by atoms with Crippen LogP contribution in [-0.2, 0) is 4.79 Å². The maximum Gasteiger partial charge on any atom is 0.321 e. The van der Waals surface area contributed by atoms with Crippen molar-refractivity contribution in [3.63, 3.8) is 0 Å². The molecule has 0 fully saturated rings. The fourth-order valence-corrected chi connectivity index (χ4v) is 2.50. The lowest BCUT2D eigenvalue weighted by atomic mass is 10.1. The van der Waals surface area contributed by atoms with Crippen LogP contribution in [0.15, 0.2) is 17.5 Å². The summed E-state index contributed by atoms with van der Waals surface area (Å²) in [4.78, 5) is 26.5. The monoisotopic (exact) mass is 297 g/mol. The molecule has 1 aromatic rings. The van der Waals surface area contributed by atoms with Crippen LogP contribution in [0, 0.1) is 0 Å². The second kappa shape index (κ2) is 6.85. The number of rotatable bonds is 4. The highest BCUT2D eigenvalue weighted by molar-refractivity contribution is 7.10. The molecule has 1 rings (SSSR count). The van der Waals surface area contributed by atoms with Crippen LogP contribution in [0.3, 0.4) is 0 Å². The first-order valence-electron chi connectivity index (χ1n) is 6.54. The molecule has 3 amide bonds. The molecule has 0 aliphatic rings. The molecule has 1 atom stereocenters. The van der Waals surface area contributed by atoms with Crippen molar-refractivity contribution in [2.24, 2.45) is 0 Å². The molecule has 112 valence electrons. The Hall–Kier alpha value is -1.40. The summed E-state index contributed by atoms with van der Waals surface area (Å²) >= 11 is 1.66. The Morgan fingerprint density at radius 3 is 2.55 bits per heavy atom. The Morgan fingerprint density at radius 1 is 1.40 bits per heavy atom. The maximum atomic E-state index is 11.8. The van der Waals surface area contributed by atoms with Crippen molar-refractivity contribution in [1.29, 1.82) is 0 Å². The van der Waals surface area contributed by atoms with Gasteiger partial charge < -0.3 is 5.32 Å². The molecule has 0 saturated heterocycles. The zero-order valence-corrected chi connectivity index (χ0v) is 13.5. The van der Waals surface area contributed by atoms with Crippen LogP contribution < -0.4 is 10.6 Å². The standard InChI is InChI=1S/C14H23N3O2S/c1-10(11-7-6-8-20-11)17(5)9-12(18)15-13(19)16-14(2,3)4/h6-8,10H,9H2,1-5H3,(H2,15,16,18,19). The van der Waals surface area contributed by atoms with Crippen molar-refractivity contribution >= 4 is 23.3 Å². The lowest BCUT2D eigenvalue weighted by Gasteiger charge is -2.24. The van der Waals surface area contributed by atoms with Gasteiger partial charge in [0.25, 0.3) is 0 Å². The lowest BCUT2D eigenvalue weighted by molar-refractivity contribution is -0.121. The number of nitrogens with zero attached hydrogens (tertiary/aromatic N) is 1. The number of imide groups is 1. The van der Waals surface area contributed by atoms with Crippen molar-refractivity contribution in [3.05, 3.63) is 22.4 Å². The largest absolute Gasteiger partial charge is 0.333 e. The average Bonchev–Trinajstić information content (AvgIpc) is 2.77. The predicted molar refractivity (Wildman–Crippen MR) is 81.8 cm³/mol. The van der Waals surface area contributed by atoms with Gasteiger partial charge in [-0.25, -0.2) is 4.79 Å². The number of hydrogen-bond donors (Lipinski definition) is 2. The smallest absolute Gasteiger partial charge is 0.321 e. The van der Waals surface area contributed by atoms with Gasteiger partial charge in [0, 0.05) is 16.5 Å². The molecule has 20 heavy (non-hydrogen) atoms. The molecular weight excluding hydrogens is 274 g/mol. The molecule has 0 saturated carbocycles. The number of thiophene rings is 1. The van der Waals surface area contributed by atoms with Crippen LogP contribution in [0.4, 0.5) is 4.79 Å². The summed E-state index contributed by atoms with van der Waals surface area (Å²) in [5.41, 5.74) is -0.361. The van der Waals surface area contributed by atoms with E-state index < -0.39 is 6.03 Å². The SMILES string of the molecule is CC(c1cccs1)N(C)CC(=O)NC(=O)NC(C)(C)C. The molecule has 1 heterocycles. The van der Waals surface area contributed by atoms with E-state index in [-0.39, 0.29) is 24.0 Å². The Kier molecular flexibility index (Phi) is 5.71. The van der Waals surface area contributed by atoms with Gasteiger partial charge in [0.15, 0.2) is 0 Å². The normalized spacial score (nSPS) is 13.1. The van der Waals surface area contributed by atoms with Gasteiger partial charge in [0.1, 0.15) is 0 Å². The molecule has 1 unspecified atom stereocenters. The van der Waals surface area contributed by atoms with E-state index in [1.807, 2.05) is 57.2 Å². The molecule has 0 aromatic carbocycles. The summed E-state index contributed by atoms with van der Waals surface area (Å²) in [5, 5.41) is 7.04. The molecule has 0 spiro atoms. The van der Waals surface area contributed by atoms with E-state index in [0.717, 1.165) is 0 Å². The number of urea groups is 1. The van der Waals surface area contributed by atoms with Gasteiger partial charge in [-0.1, -0.05) is 6.07 Å². The second-order valence-corrected chi connectivity index (χ2v) is 6.84. The number of nitrogens with one attached hydrogen (secondary N) is 2. The highest BCUT2D eigenvalue weighted by Crippen LogP contribution is 2.22. The van der Waals surface area contributed by atoms with Gasteiger partial charge in [-0.2, -0.15) is 0 Å². The van der Waals surface area contributed by atoms with Crippen molar-refractivity contribution in [2.45, 2.75) is 39.3 Å². The molecule has 1 aromatic heterocycles. The lowest BCUT2D eigenvalue weighted by Crippen LogP contribution is -2.50. The predicted octanol–water partition coefficient (Wildman–Crippen LogP) is 2.37. The minimum absolute atomic E-state index is 0.145. The molecule has 6 heteroatoms. The Bertz CT molecular complexity index is 451. The third-order valence-corrected chi connectivity index (χ3v) is 3.79. The number of hydrogen-bond acceptors (Lipinski definition) is 4. The molecule has 0 radical (unpaired) electrons. The number of likely N-dealkylation sites (N-methyl/N-ethyl adjacent to an activating group) is 1. The molecule has 2 N–H and O–H groups in total. The van der Waals surface area contributed by atoms with Gasteiger partial charge >= 0.3 is 6.03 Å². The van der Waals surface area contributed by atoms with E-state index in [9.17, 15) is 9.59 Å². The molecule has 5 nitrogen and oxygen atoms in total. The Balaban J connectivity index is 2.44. The molecular formula is C14H23N3O2S. The van der Waals surface area contributed by atoms with E-state index in [1.165, 1.54) is 4.88 Å². The molecule has 0 aliphatic carbocycles. The van der Waals surface area contributed by atoms with Gasteiger partial charge in [-0.05, 0) is 46.2 Å². The van der Waals surface area contributed by atoms with E-state index in [4.69, 9.17) is 0 Å². The van der Waals surface area contributed by atoms with Crippen LogP contribution in [0.1, 0.15) is 38.6 Å². The third kappa shape index (κ3) is 5.71. The fraction of sp³-hybridized carbons (Fsp3) is 0.571. The van der Waals surface area contributed by atoms with Gasteiger partial charge in [-0.15, -0.1) is 11.3 Å². The summed E-state index contributed by atoms with van der Waals surface area (Å²) in [6.07, 6.45) is 0. The van der Waals surface area contributed by atoms with Crippen molar-refractivity contribution in [2.75, 3.05) is 13.6 Å². The highest BCUT2D eigenvalue weighted by atomic mass is 32.1. The van der Waals surface area contributed by atoms with Crippen LogP contribution in [0.5, 0.6) is 0 Å². The third-order valence-electron chi connectivity index (χ3n) is 2.75. The van der Waals surface area contributed by atoms with Crippen LogP contribution in [0.2, 0.25) is 0 Å². The number of amides is 3. The maximum absolute atomic E-state index is 11.8. The summed E-state index contributed by atoms with van der Waals surface area (Å²) in [6.45, 7) is 7.80. The first kappa shape index (κ1) is 16.7. The fourth-order valence-electron chi connectivity index (χ4n) is 1.65. The minimum Gasteiger partial charge on any atom is -0.333 e. The van der Waals surface area contributed by atoms with Crippen LogP contribution in [0.25, 0.3) is 0 Å². The summed E-state index contributed by atoms with van der Waals surface area (Å²) in [5.74, 6) is -0.308. The second-order valence-electron chi connectivity index (χ2n) is 5.86. The van der Waals surface area contributed by atoms with Gasteiger partial charge in [0.2, 0.25) is 5.91 Å². The van der Waals surface area contributed by atoms with Crippen LogP contribution in [-0.4, -0.2) is 36.0 Å². The quantitative estimate of drug-likeness (QED) is 0.897. The van der Waals surface area contributed by atoms with Crippen molar-refractivity contribution in [3.8, 4) is 0 Å². The average molecular weight is 297 g/mol. The zero-order chi connectivity index (χ0) is 15.3. The van der Waals surface area contributed by atoms with Crippen molar-refractivity contribution in [1.82, 2.24) is 15.5 Å². The van der Waals surface area contributed by atoms with Gasteiger partial charge in [-0.3, -0.25) is 15.0 Å². The first-order valence-corrected chi connectivity index (χ1v) is 7.42. The first-order chi connectivity index (χ1) is 9.19. The summed E-state index contributed by atoms with van der Waals surface area (Å²) < 4.78 is 0. The van der Waals surface area contributed by atoms with E-state index in [0.29, 0.717) is 0 Å². The zero-order valence-electron chi connectivity index (χ0n) is 12.7.